The van der Waals surface area contributed by atoms with E-state index in [1.54, 1.807) is 0 Å². The number of nitro groups is 1. The summed E-state index contributed by atoms with van der Waals surface area (Å²) in [5.41, 5.74) is -0.151. The lowest BCUT2D eigenvalue weighted by atomic mass is 10.2. The molecule has 0 aliphatic heterocycles. The molecule has 0 bridgehead atoms. The second-order valence-electron chi connectivity index (χ2n) is 3.75. The largest absolute Gasteiger partial charge is 0.383 e. The van der Waals surface area contributed by atoms with E-state index in [0.717, 1.165) is 6.07 Å². The molecule has 5 nitrogen and oxygen atoms in total. The molecule has 1 rings (SSSR count). The predicted octanol–water partition coefficient (Wildman–Crippen LogP) is 3.22. The summed E-state index contributed by atoms with van der Waals surface area (Å²) >= 11 is 5.63. The summed E-state index contributed by atoms with van der Waals surface area (Å²) in [5, 5.41) is 13.6. The molecule has 0 amide bonds. The monoisotopic (exact) mass is 276 g/mol. The van der Waals surface area contributed by atoms with Crippen LogP contribution in [0.25, 0.3) is 0 Å². The molecule has 1 atom stereocenters. The van der Waals surface area contributed by atoms with Crippen molar-refractivity contribution in [2.75, 3.05) is 19.0 Å². The molecule has 18 heavy (non-hydrogen) atoms. The Morgan fingerprint density at radius 2 is 2.28 bits per heavy atom. The molecule has 0 radical (unpaired) electrons. The average Bonchev–Trinajstić information content (AvgIpc) is 2.32. The molecule has 1 aromatic carbocycles. The predicted molar refractivity (Wildman–Crippen MR) is 67.6 cm³/mol. The zero-order chi connectivity index (χ0) is 13.7. The van der Waals surface area contributed by atoms with Gasteiger partial charge in [-0.3, -0.25) is 10.1 Å². The summed E-state index contributed by atoms with van der Waals surface area (Å²) in [6.45, 7) is 2.30. The maximum atomic E-state index is 13.2. The molecular weight excluding hydrogens is 263 g/mol. The maximum Gasteiger partial charge on any atom is 0.295 e. The van der Waals surface area contributed by atoms with Crippen LogP contribution in [0.3, 0.4) is 0 Å². The molecular formula is C11H14ClFN2O3. The Morgan fingerprint density at radius 1 is 1.61 bits per heavy atom. The minimum atomic E-state index is -0.811. The quantitative estimate of drug-likeness (QED) is 0.640. The molecule has 0 spiro atoms. The molecule has 100 valence electrons. The van der Waals surface area contributed by atoms with Crippen LogP contribution in [-0.2, 0) is 4.74 Å². The highest BCUT2D eigenvalue weighted by Crippen LogP contribution is 2.30. The van der Waals surface area contributed by atoms with Gasteiger partial charge >= 0.3 is 0 Å². The smallest absolute Gasteiger partial charge is 0.295 e. The number of halogens is 2. The summed E-state index contributed by atoms with van der Waals surface area (Å²) in [7, 11) is 1.54. The molecule has 0 aliphatic carbocycles. The van der Waals surface area contributed by atoms with Crippen molar-refractivity contribution in [3.63, 3.8) is 0 Å². The highest BCUT2D eigenvalue weighted by Gasteiger charge is 2.19. The van der Waals surface area contributed by atoms with Crippen LogP contribution in [0.4, 0.5) is 15.8 Å². The van der Waals surface area contributed by atoms with Crippen LogP contribution < -0.4 is 5.32 Å². The standard InChI is InChI=1S/C11H14ClFN2O3/c1-3-7(6-18-2)14-10-4-8(12)9(13)5-11(10)15(16)17/h4-5,7,14H,3,6H2,1-2H3. The van der Waals surface area contributed by atoms with Gasteiger partial charge in [-0.15, -0.1) is 0 Å². The van der Waals surface area contributed by atoms with Gasteiger partial charge in [0.15, 0.2) is 0 Å². The van der Waals surface area contributed by atoms with Crippen LogP contribution >= 0.6 is 11.6 Å². The van der Waals surface area contributed by atoms with Crippen LogP contribution in [0.15, 0.2) is 12.1 Å². The molecule has 1 aromatic rings. The van der Waals surface area contributed by atoms with Gasteiger partial charge in [-0.2, -0.15) is 0 Å². The lowest BCUT2D eigenvalue weighted by Crippen LogP contribution is -2.24. The van der Waals surface area contributed by atoms with Crippen molar-refractivity contribution in [2.45, 2.75) is 19.4 Å². The van der Waals surface area contributed by atoms with Gasteiger partial charge in [0.1, 0.15) is 11.5 Å². The van der Waals surface area contributed by atoms with Crippen molar-refractivity contribution in [1.29, 1.82) is 0 Å². The highest BCUT2D eigenvalue weighted by molar-refractivity contribution is 6.31. The Kier molecular flexibility index (Phi) is 5.30. The van der Waals surface area contributed by atoms with Crippen molar-refractivity contribution in [1.82, 2.24) is 0 Å². The number of benzene rings is 1. The number of methoxy groups -OCH3 is 1. The first kappa shape index (κ1) is 14.7. The number of nitrogens with one attached hydrogen (secondary N) is 1. The van der Waals surface area contributed by atoms with Gasteiger partial charge in [-0.05, 0) is 12.5 Å². The van der Waals surface area contributed by atoms with Gasteiger partial charge in [0.05, 0.1) is 22.6 Å². The summed E-state index contributed by atoms with van der Waals surface area (Å²) < 4.78 is 18.2. The fourth-order valence-corrected chi connectivity index (χ4v) is 1.65. The van der Waals surface area contributed by atoms with Gasteiger partial charge in [0.2, 0.25) is 0 Å². The molecule has 0 saturated heterocycles. The van der Waals surface area contributed by atoms with E-state index in [9.17, 15) is 14.5 Å². The Hall–Kier alpha value is -1.40. The highest BCUT2D eigenvalue weighted by atomic mass is 35.5. The number of hydrogen-bond donors (Lipinski definition) is 1. The second-order valence-corrected chi connectivity index (χ2v) is 4.15. The van der Waals surface area contributed by atoms with E-state index in [4.69, 9.17) is 16.3 Å². The van der Waals surface area contributed by atoms with Crippen LogP contribution in [0, 0.1) is 15.9 Å². The van der Waals surface area contributed by atoms with E-state index in [1.807, 2.05) is 6.92 Å². The van der Waals surface area contributed by atoms with E-state index < -0.39 is 10.7 Å². The van der Waals surface area contributed by atoms with Crippen molar-refractivity contribution >= 4 is 23.0 Å². The van der Waals surface area contributed by atoms with Crippen molar-refractivity contribution in [2.24, 2.45) is 0 Å². The summed E-state index contributed by atoms with van der Waals surface area (Å²) in [6.07, 6.45) is 0.708. The summed E-state index contributed by atoms with van der Waals surface area (Å²) in [4.78, 5) is 10.2. The fourth-order valence-electron chi connectivity index (χ4n) is 1.49. The number of rotatable bonds is 6. The fraction of sp³-hybridized carbons (Fsp3) is 0.455. The summed E-state index contributed by atoms with van der Waals surface area (Å²) in [6, 6.07) is 1.92. The Labute approximate surface area is 109 Å². The number of ether oxygens (including phenoxy) is 1. The lowest BCUT2D eigenvalue weighted by molar-refractivity contribution is -0.384. The molecule has 0 aromatic heterocycles. The van der Waals surface area contributed by atoms with Crippen molar-refractivity contribution < 1.29 is 14.1 Å². The zero-order valence-corrected chi connectivity index (χ0v) is 10.8. The molecule has 0 heterocycles. The topological polar surface area (TPSA) is 64.4 Å². The molecule has 0 aliphatic rings. The Morgan fingerprint density at radius 3 is 2.78 bits per heavy atom. The molecule has 1 N–H and O–H groups in total. The second kappa shape index (κ2) is 6.51. The van der Waals surface area contributed by atoms with Crippen molar-refractivity contribution in [3.8, 4) is 0 Å². The van der Waals surface area contributed by atoms with Gasteiger partial charge in [-0.25, -0.2) is 4.39 Å². The van der Waals surface area contributed by atoms with Gasteiger partial charge in [-0.1, -0.05) is 18.5 Å². The number of anilines is 1. The van der Waals surface area contributed by atoms with Gasteiger partial charge in [0.25, 0.3) is 5.69 Å². The lowest BCUT2D eigenvalue weighted by Gasteiger charge is -2.17. The first-order valence-corrected chi connectivity index (χ1v) is 5.76. The minimum absolute atomic E-state index is 0.102. The normalized spacial score (nSPS) is 12.2. The van der Waals surface area contributed by atoms with E-state index in [-0.39, 0.29) is 22.4 Å². The average molecular weight is 277 g/mol. The Balaban J connectivity index is 3.06. The molecule has 0 saturated carbocycles. The molecule has 1 unspecified atom stereocenters. The third kappa shape index (κ3) is 3.54. The first-order chi connectivity index (χ1) is 8.49. The van der Waals surface area contributed by atoms with Gasteiger partial charge < -0.3 is 10.1 Å². The zero-order valence-electron chi connectivity index (χ0n) is 10.1. The summed E-state index contributed by atoms with van der Waals surface area (Å²) in [5.74, 6) is -0.811. The van der Waals surface area contributed by atoms with Gasteiger partial charge in [0, 0.05) is 13.2 Å². The van der Waals surface area contributed by atoms with E-state index in [1.165, 1.54) is 13.2 Å². The molecule has 7 heteroatoms. The number of hydrogen-bond acceptors (Lipinski definition) is 4. The Bertz CT molecular complexity index is 443. The maximum absolute atomic E-state index is 13.2. The SMILES string of the molecule is CCC(COC)Nc1cc(Cl)c(F)cc1[N+](=O)[O-]. The third-order valence-electron chi connectivity index (χ3n) is 2.46. The van der Waals surface area contributed by atoms with Crippen LogP contribution in [0.5, 0.6) is 0 Å². The van der Waals surface area contributed by atoms with E-state index in [2.05, 4.69) is 5.32 Å². The van der Waals surface area contributed by atoms with Crippen molar-refractivity contribution in [3.05, 3.63) is 33.1 Å². The van der Waals surface area contributed by atoms with Crippen LogP contribution in [0.1, 0.15) is 13.3 Å². The third-order valence-corrected chi connectivity index (χ3v) is 2.75. The minimum Gasteiger partial charge on any atom is -0.383 e. The van der Waals surface area contributed by atoms with E-state index >= 15 is 0 Å². The number of nitrogens with zero attached hydrogens (tertiary/aromatic N) is 1. The van der Waals surface area contributed by atoms with E-state index in [0.29, 0.717) is 13.0 Å². The first-order valence-electron chi connectivity index (χ1n) is 5.38. The molecule has 0 fully saturated rings. The number of nitro benzene ring substituents is 1. The van der Waals surface area contributed by atoms with Crippen LogP contribution in [-0.4, -0.2) is 24.7 Å². The van der Waals surface area contributed by atoms with Crippen LogP contribution in [0.2, 0.25) is 5.02 Å².